The van der Waals surface area contributed by atoms with Gasteiger partial charge < -0.3 is 25.3 Å². The molecule has 27 heavy (non-hydrogen) atoms. The molecule has 7 nitrogen and oxygen atoms in total. The third-order valence-corrected chi connectivity index (χ3v) is 6.23. The quantitative estimate of drug-likeness (QED) is 0.430. The lowest BCUT2D eigenvalue weighted by Gasteiger charge is -2.43. The summed E-state index contributed by atoms with van der Waals surface area (Å²) in [5.41, 5.74) is 0. The van der Waals surface area contributed by atoms with Crippen molar-refractivity contribution in [2.45, 2.75) is 95.1 Å². The average molecular weight is 387 g/mol. The fourth-order valence-electron chi connectivity index (χ4n) is 4.58. The highest BCUT2D eigenvalue weighted by Gasteiger charge is 2.40. The molecule has 7 heteroatoms. The number of amides is 1. The summed E-state index contributed by atoms with van der Waals surface area (Å²) in [7, 11) is 0. The molecule has 4 atom stereocenters. The average Bonchev–Trinajstić information content (AvgIpc) is 2.66. The zero-order valence-corrected chi connectivity index (χ0v) is 16.7. The van der Waals surface area contributed by atoms with Gasteiger partial charge in [-0.1, -0.05) is 32.1 Å². The van der Waals surface area contributed by atoms with Crippen LogP contribution in [0.5, 0.6) is 0 Å². The molecule has 0 radical (unpaired) electrons. The van der Waals surface area contributed by atoms with E-state index in [2.05, 4.69) is 4.90 Å². The lowest BCUT2D eigenvalue weighted by molar-refractivity contribution is -0.145. The van der Waals surface area contributed by atoms with Gasteiger partial charge in [0.25, 0.3) is 0 Å². The summed E-state index contributed by atoms with van der Waals surface area (Å²) in [6.07, 6.45) is 6.61. The first-order chi connectivity index (χ1) is 13.0. The minimum absolute atomic E-state index is 0.183. The Labute approximate surface area is 163 Å². The Bertz CT molecular complexity index is 444. The SMILES string of the molecule is CC(=O)N(CCCCCCN1C[C@H](O)[C@@H](O)[C@H](O)[C@H]1CO)C1CCCCC1. The van der Waals surface area contributed by atoms with Gasteiger partial charge in [-0.05, 0) is 32.2 Å². The standard InChI is InChI=1S/C20H38N2O5/c1-15(24)22(16-9-5-4-6-10-16)12-8-3-2-7-11-21-13-18(25)20(27)19(26)17(21)14-23/h16-20,23,25-27H,2-14H2,1H3/t17-,18+,19-,20-/m1/s1. The number of likely N-dealkylation sites (tertiary alicyclic amines) is 1. The number of unbranched alkanes of at least 4 members (excludes halogenated alkanes) is 3. The predicted octanol–water partition coefficient (Wildman–Crippen LogP) is 0.487. The summed E-state index contributed by atoms with van der Waals surface area (Å²) in [4.78, 5) is 15.9. The fourth-order valence-corrected chi connectivity index (χ4v) is 4.58. The molecule has 2 fully saturated rings. The van der Waals surface area contributed by atoms with Crippen molar-refractivity contribution in [3.63, 3.8) is 0 Å². The van der Waals surface area contributed by atoms with Crippen LogP contribution in [0.2, 0.25) is 0 Å². The number of piperidine rings is 1. The maximum absolute atomic E-state index is 12.0. The molecule has 0 aromatic carbocycles. The number of β-amino-alcohol motifs (C(OH)–C–C–N with tert-alkyl or cyclic N) is 1. The molecule has 0 spiro atoms. The van der Waals surface area contributed by atoms with Crippen LogP contribution in [0.1, 0.15) is 64.7 Å². The molecule has 1 amide bonds. The van der Waals surface area contributed by atoms with Crippen molar-refractivity contribution >= 4 is 5.91 Å². The summed E-state index contributed by atoms with van der Waals surface area (Å²) in [6.45, 7) is 3.20. The minimum Gasteiger partial charge on any atom is -0.395 e. The highest BCUT2D eigenvalue weighted by molar-refractivity contribution is 5.73. The van der Waals surface area contributed by atoms with Crippen LogP contribution in [0, 0.1) is 0 Å². The molecule has 2 aliphatic rings. The van der Waals surface area contributed by atoms with E-state index in [4.69, 9.17) is 0 Å². The van der Waals surface area contributed by atoms with Crippen molar-refractivity contribution in [1.29, 1.82) is 0 Å². The molecule has 158 valence electrons. The molecule has 0 unspecified atom stereocenters. The van der Waals surface area contributed by atoms with Gasteiger partial charge >= 0.3 is 0 Å². The molecule has 4 N–H and O–H groups in total. The van der Waals surface area contributed by atoms with Crippen molar-refractivity contribution < 1.29 is 25.2 Å². The van der Waals surface area contributed by atoms with Gasteiger partial charge in [0.2, 0.25) is 5.91 Å². The molecular weight excluding hydrogens is 348 g/mol. The van der Waals surface area contributed by atoms with Crippen molar-refractivity contribution in [2.75, 3.05) is 26.2 Å². The van der Waals surface area contributed by atoms with Gasteiger partial charge in [-0.25, -0.2) is 0 Å². The Morgan fingerprint density at radius 1 is 1.00 bits per heavy atom. The molecule has 2 rings (SSSR count). The molecule has 1 saturated heterocycles. The number of rotatable bonds is 9. The molecule has 0 bridgehead atoms. The van der Waals surface area contributed by atoms with Gasteiger partial charge in [-0.15, -0.1) is 0 Å². The fraction of sp³-hybridized carbons (Fsp3) is 0.950. The number of aliphatic hydroxyl groups is 4. The number of carbonyl (C=O) groups is 1. The van der Waals surface area contributed by atoms with Gasteiger partial charge in [0.1, 0.15) is 12.2 Å². The lowest BCUT2D eigenvalue weighted by atomic mass is 9.93. The molecule has 0 aromatic heterocycles. The van der Waals surface area contributed by atoms with Crippen molar-refractivity contribution in [3.8, 4) is 0 Å². The van der Waals surface area contributed by atoms with Gasteiger partial charge in [-0.2, -0.15) is 0 Å². The Morgan fingerprint density at radius 3 is 2.30 bits per heavy atom. The number of hydrogen-bond donors (Lipinski definition) is 4. The maximum Gasteiger partial charge on any atom is 0.219 e. The van der Waals surface area contributed by atoms with E-state index in [1.165, 1.54) is 19.3 Å². The van der Waals surface area contributed by atoms with Crippen LogP contribution in [-0.4, -0.2) is 92.8 Å². The van der Waals surface area contributed by atoms with E-state index in [0.717, 1.165) is 45.1 Å². The Morgan fingerprint density at radius 2 is 1.67 bits per heavy atom. The smallest absolute Gasteiger partial charge is 0.219 e. The summed E-state index contributed by atoms with van der Waals surface area (Å²) < 4.78 is 0. The summed E-state index contributed by atoms with van der Waals surface area (Å²) in [6, 6.07) is -0.104. The van der Waals surface area contributed by atoms with E-state index in [1.807, 2.05) is 4.90 Å². The number of hydrogen-bond acceptors (Lipinski definition) is 6. The monoisotopic (exact) mass is 386 g/mol. The third-order valence-electron chi connectivity index (χ3n) is 6.23. The van der Waals surface area contributed by atoms with Crippen LogP contribution < -0.4 is 0 Å². The molecule has 1 aliphatic carbocycles. The molecule has 1 aliphatic heterocycles. The van der Waals surface area contributed by atoms with Crippen LogP contribution in [-0.2, 0) is 4.79 Å². The molecule has 0 aromatic rings. The highest BCUT2D eigenvalue weighted by atomic mass is 16.4. The number of carbonyl (C=O) groups excluding carboxylic acids is 1. The van der Waals surface area contributed by atoms with E-state index < -0.39 is 24.4 Å². The Kier molecular flexibility index (Phi) is 9.45. The second-order valence-electron chi connectivity index (χ2n) is 8.21. The first-order valence-electron chi connectivity index (χ1n) is 10.6. The predicted molar refractivity (Wildman–Crippen MR) is 103 cm³/mol. The Balaban J connectivity index is 1.66. The Hall–Kier alpha value is -0.730. The van der Waals surface area contributed by atoms with Crippen molar-refractivity contribution in [3.05, 3.63) is 0 Å². The van der Waals surface area contributed by atoms with E-state index >= 15 is 0 Å². The summed E-state index contributed by atoms with van der Waals surface area (Å²) in [5.74, 6) is 0.183. The lowest BCUT2D eigenvalue weighted by Crippen LogP contribution is -2.62. The van der Waals surface area contributed by atoms with Gasteiger partial charge in [-0.3, -0.25) is 9.69 Å². The first kappa shape index (κ1) is 22.6. The number of aliphatic hydroxyl groups excluding tert-OH is 4. The van der Waals surface area contributed by atoms with Gasteiger partial charge in [0.15, 0.2) is 0 Å². The van der Waals surface area contributed by atoms with E-state index in [-0.39, 0.29) is 19.1 Å². The van der Waals surface area contributed by atoms with Crippen LogP contribution >= 0.6 is 0 Å². The topological polar surface area (TPSA) is 104 Å². The van der Waals surface area contributed by atoms with Crippen LogP contribution in [0.3, 0.4) is 0 Å². The molecular formula is C20H38N2O5. The van der Waals surface area contributed by atoms with E-state index in [9.17, 15) is 25.2 Å². The first-order valence-corrected chi connectivity index (χ1v) is 10.6. The summed E-state index contributed by atoms with van der Waals surface area (Å²) in [5, 5.41) is 39.1. The maximum atomic E-state index is 12.0. The summed E-state index contributed by atoms with van der Waals surface area (Å²) >= 11 is 0. The zero-order chi connectivity index (χ0) is 19.8. The highest BCUT2D eigenvalue weighted by Crippen LogP contribution is 2.23. The van der Waals surface area contributed by atoms with Crippen molar-refractivity contribution in [2.24, 2.45) is 0 Å². The largest absolute Gasteiger partial charge is 0.395 e. The second kappa shape index (κ2) is 11.3. The van der Waals surface area contributed by atoms with E-state index in [0.29, 0.717) is 12.6 Å². The van der Waals surface area contributed by atoms with Crippen molar-refractivity contribution in [1.82, 2.24) is 9.80 Å². The normalized spacial score (nSPS) is 30.4. The molecule has 1 heterocycles. The minimum atomic E-state index is -1.20. The zero-order valence-electron chi connectivity index (χ0n) is 16.7. The van der Waals surface area contributed by atoms with Gasteiger partial charge in [0.05, 0.1) is 18.8 Å². The number of nitrogens with zero attached hydrogens (tertiary/aromatic N) is 2. The van der Waals surface area contributed by atoms with Crippen LogP contribution in [0.15, 0.2) is 0 Å². The van der Waals surface area contributed by atoms with E-state index in [1.54, 1.807) is 6.92 Å². The third kappa shape index (κ3) is 6.39. The second-order valence-corrected chi connectivity index (χ2v) is 8.21. The molecule has 1 saturated carbocycles. The van der Waals surface area contributed by atoms with Gasteiger partial charge in [0, 0.05) is 26.1 Å². The van der Waals surface area contributed by atoms with Crippen LogP contribution in [0.4, 0.5) is 0 Å². The van der Waals surface area contributed by atoms with Crippen LogP contribution in [0.25, 0.3) is 0 Å².